The van der Waals surface area contributed by atoms with Crippen molar-refractivity contribution in [2.45, 2.75) is 39.9 Å². The Bertz CT molecular complexity index is 305. The summed E-state index contributed by atoms with van der Waals surface area (Å²) >= 11 is 0. The van der Waals surface area contributed by atoms with Gasteiger partial charge >= 0.3 is 0 Å². The Kier molecular flexibility index (Phi) is 3.53. The normalized spacial score (nSPS) is 14.9. The molecule has 2 atom stereocenters. The average Bonchev–Trinajstić information content (AvgIpc) is 2.12. The predicted molar refractivity (Wildman–Crippen MR) is 57.7 cm³/mol. The molecule has 0 aromatic heterocycles. The van der Waals surface area contributed by atoms with Crippen LogP contribution in [0.2, 0.25) is 0 Å². The van der Waals surface area contributed by atoms with E-state index in [1.807, 2.05) is 26.0 Å². The molecule has 0 aliphatic heterocycles. The van der Waals surface area contributed by atoms with Crippen LogP contribution in [0, 0.1) is 13.8 Å². The fourth-order valence-corrected chi connectivity index (χ4v) is 1.15. The van der Waals surface area contributed by atoms with E-state index >= 15 is 0 Å². The number of benzene rings is 1. The van der Waals surface area contributed by atoms with Gasteiger partial charge in [-0.1, -0.05) is 12.1 Å². The van der Waals surface area contributed by atoms with Gasteiger partial charge in [0.15, 0.2) is 0 Å². The van der Waals surface area contributed by atoms with Crippen molar-refractivity contribution in [2.75, 3.05) is 0 Å². The molecule has 0 heterocycles. The van der Waals surface area contributed by atoms with Crippen LogP contribution in [0.15, 0.2) is 18.2 Å². The highest BCUT2D eigenvalue weighted by Crippen LogP contribution is 2.22. The Morgan fingerprint density at radius 1 is 1.21 bits per heavy atom. The molecule has 1 rings (SSSR count). The van der Waals surface area contributed by atoms with Crippen molar-refractivity contribution in [1.29, 1.82) is 0 Å². The minimum Gasteiger partial charge on any atom is -0.488 e. The van der Waals surface area contributed by atoms with Crippen LogP contribution in [0.25, 0.3) is 0 Å². The van der Waals surface area contributed by atoms with E-state index in [0.29, 0.717) is 0 Å². The lowest BCUT2D eigenvalue weighted by atomic mass is 10.1. The Morgan fingerprint density at radius 2 is 1.86 bits per heavy atom. The van der Waals surface area contributed by atoms with Crippen molar-refractivity contribution in [3.05, 3.63) is 29.3 Å². The van der Waals surface area contributed by atoms with E-state index in [0.717, 1.165) is 11.3 Å². The number of ether oxygens (including phenoxy) is 1. The zero-order chi connectivity index (χ0) is 10.7. The maximum atomic E-state index is 9.32. The molecule has 14 heavy (non-hydrogen) atoms. The zero-order valence-electron chi connectivity index (χ0n) is 9.24. The van der Waals surface area contributed by atoms with Crippen LogP contribution in [0.3, 0.4) is 0 Å². The first kappa shape index (κ1) is 11.1. The first-order valence-electron chi connectivity index (χ1n) is 4.93. The maximum absolute atomic E-state index is 9.32. The summed E-state index contributed by atoms with van der Waals surface area (Å²) in [5, 5.41) is 9.32. The molecule has 0 bridgehead atoms. The molecule has 0 saturated carbocycles. The summed E-state index contributed by atoms with van der Waals surface area (Å²) in [7, 11) is 0. The molecule has 0 radical (unpaired) electrons. The van der Waals surface area contributed by atoms with E-state index in [9.17, 15) is 5.11 Å². The van der Waals surface area contributed by atoms with Gasteiger partial charge in [0.25, 0.3) is 0 Å². The van der Waals surface area contributed by atoms with Crippen LogP contribution >= 0.6 is 0 Å². The van der Waals surface area contributed by atoms with Crippen molar-refractivity contribution in [3.63, 3.8) is 0 Å². The van der Waals surface area contributed by atoms with Crippen LogP contribution in [0.1, 0.15) is 25.0 Å². The van der Waals surface area contributed by atoms with Gasteiger partial charge in [0.2, 0.25) is 0 Å². The van der Waals surface area contributed by atoms with Gasteiger partial charge in [0, 0.05) is 0 Å². The Labute approximate surface area is 85.5 Å². The standard InChI is InChI=1S/C12H18O2/c1-8-6-5-7-12(9(8)2)14-11(4)10(3)13/h5-7,10-11,13H,1-4H3. The molecule has 78 valence electrons. The Balaban J connectivity index is 2.82. The SMILES string of the molecule is Cc1cccc(OC(C)C(C)O)c1C. The molecule has 1 N–H and O–H groups in total. The summed E-state index contributed by atoms with van der Waals surface area (Å²) in [6.45, 7) is 7.68. The molecular formula is C12H18O2. The molecule has 0 aliphatic carbocycles. The molecule has 0 spiro atoms. The number of aryl methyl sites for hydroxylation is 1. The van der Waals surface area contributed by atoms with Gasteiger partial charge in [0.05, 0.1) is 6.10 Å². The number of aliphatic hydroxyl groups is 1. The van der Waals surface area contributed by atoms with E-state index in [1.165, 1.54) is 5.56 Å². The van der Waals surface area contributed by atoms with Crippen LogP contribution in [-0.2, 0) is 0 Å². The van der Waals surface area contributed by atoms with Crippen molar-refractivity contribution in [1.82, 2.24) is 0 Å². The molecule has 0 amide bonds. The summed E-state index contributed by atoms with van der Waals surface area (Å²) in [5.41, 5.74) is 2.35. The number of hydrogen-bond donors (Lipinski definition) is 1. The minimum absolute atomic E-state index is 0.171. The molecule has 2 nitrogen and oxygen atoms in total. The van der Waals surface area contributed by atoms with Gasteiger partial charge in [-0.2, -0.15) is 0 Å². The summed E-state index contributed by atoms with van der Waals surface area (Å²) in [5.74, 6) is 0.860. The third kappa shape index (κ3) is 2.48. The highest BCUT2D eigenvalue weighted by Gasteiger charge is 2.11. The second-order valence-electron chi connectivity index (χ2n) is 3.76. The van der Waals surface area contributed by atoms with E-state index < -0.39 is 6.10 Å². The van der Waals surface area contributed by atoms with E-state index in [4.69, 9.17) is 4.74 Å². The molecule has 1 aromatic carbocycles. The fraction of sp³-hybridized carbons (Fsp3) is 0.500. The van der Waals surface area contributed by atoms with Crippen LogP contribution in [0.4, 0.5) is 0 Å². The van der Waals surface area contributed by atoms with Crippen molar-refractivity contribution >= 4 is 0 Å². The molecule has 2 heteroatoms. The monoisotopic (exact) mass is 194 g/mol. The molecule has 0 saturated heterocycles. The maximum Gasteiger partial charge on any atom is 0.123 e. The highest BCUT2D eigenvalue weighted by molar-refractivity contribution is 5.38. The number of hydrogen-bond acceptors (Lipinski definition) is 2. The molecule has 2 unspecified atom stereocenters. The smallest absolute Gasteiger partial charge is 0.123 e. The lowest BCUT2D eigenvalue weighted by Gasteiger charge is -2.19. The summed E-state index contributed by atoms with van der Waals surface area (Å²) in [4.78, 5) is 0. The second-order valence-corrected chi connectivity index (χ2v) is 3.76. The first-order chi connectivity index (χ1) is 6.52. The van der Waals surface area contributed by atoms with Crippen molar-refractivity contribution < 1.29 is 9.84 Å². The van der Waals surface area contributed by atoms with Crippen LogP contribution < -0.4 is 4.74 Å². The Hall–Kier alpha value is -1.02. The van der Waals surface area contributed by atoms with Gasteiger partial charge in [0.1, 0.15) is 11.9 Å². The quantitative estimate of drug-likeness (QED) is 0.801. The number of aliphatic hydroxyl groups excluding tert-OH is 1. The van der Waals surface area contributed by atoms with Gasteiger partial charge in [-0.3, -0.25) is 0 Å². The summed E-state index contributed by atoms with van der Waals surface area (Å²) < 4.78 is 5.64. The lowest BCUT2D eigenvalue weighted by Crippen LogP contribution is -2.25. The van der Waals surface area contributed by atoms with Gasteiger partial charge < -0.3 is 9.84 Å². The largest absolute Gasteiger partial charge is 0.488 e. The van der Waals surface area contributed by atoms with Gasteiger partial charge in [-0.05, 0) is 44.9 Å². The summed E-state index contributed by atoms with van der Waals surface area (Å²) in [6.07, 6.45) is -0.620. The topological polar surface area (TPSA) is 29.5 Å². The van der Waals surface area contributed by atoms with Crippen molar-refractivity contribution in [2.24, 2.45) is 0 Å². The summed E-state index contributed by atoms with van der Waals surface area (Å²) in [6, 6.07) is 5.95. The van der Waals surface area contributed by atoms with Crippen molar-refractivity contribution in [3.8, 4) is 5.75 Å². The van der Waals surface area contributed by atoms with Gasteiger partial charge in [-0.15, -0.1) is 0 Å². The number of rotatable bonds is 3. The van der Waals surface area contributed by atoms with Gasteiger partial charge in [-0.25, -0.2) is 0 Å². The molecular weight excluding hydrogens is 176 g/mol. The molecule has 1 aromatic rings. The minimum atomic E-state index is -0.449. The Morgan fingerprint density at radius 3 is 2.43 bits per heavy atom. The van der Waals surface area contributed by atoms with E-state index in [-0.39, 0.29) is 6.10 Å². The van der Waals surface area contributed by atoms with Crippen LogP contribution in [0.5, 0.6) is 5.75 Å². The molecule has 0 aliphatic rings. The zero-order valence-corrected chi connectivity index (χ0v) is 9.24. The fourth-order valence-electron chi connectivity index (χ4n) is 1.15. The van der Waals surface area contributed by atoms with Crippen LogP contribution in [-0.4, -0.2) is 17.3 Å². The lowest BCUT2D eigenvalue weighted by molar-refractivity contribution is 0.0600. The van der Waals surface area contributed by atoms with E-state index in [1.54, 1.807) is 6.92 Å². The predicted octanol–water partition coefficient (Wildman–Crippen LogP) is 2.45. The molecule has 0 fully saturated rings. The van der Waals surface area contributed by atoms with E-state index in [2.05, 4.69) is 13.0 Å². The first-order valence-corrected chi connectivity index (χ1v) is 4.93. The third-order valence-corrected chi connectivity index (χ3v) is 2.55. The average molecular weight is 194 g/mol. The highest BCUT2D eigenvalue weighted by atomic mass is 16.5. The second kappa shape index (κ2) is 4.47. The third-order valence-electron chi connectivity index (χ3n) is 2.55.